The maximum absolute atomic E-state index is 12.4. The van der Waals surface area contributed by atoms with Gasteiger partial charge in [0.05, 0.1) is 0 Å². The zero-order chi connectivity index (χ0) is 10.4. The molecule has 0 atom stereocenters. The zero-order valence-corrected chi connectivity index (χ0v) is 7.35. The first kappa shape index (κ1) is 10.2. The first-order valence-corrected chi connectivity index (χ1v) is 4.02. The van der Waals surface area contributed by atoms with Gasteiger partial charge in [-0.3, -0.25) is 0 Å². The second kappa shape index (κ2) is 4.97. The highest BCUT2D eigenvalue weighted by atomic mass is 19.1. The number of allylic oxidation sites excluding steroid dienone is 2. The van der Waals surface area contributed by atoms with E-state index in [0.717, 1.165) is 11.6 Å². The van der Waals surface area contributed by atoms with Gasteiger partial charge in [-0.2, -0.15) is 4.39 Å². The fourth-order valence-electron chi connectivity index (χ4n) is 0.879. The third-order valence-corrected chi connectivity index (χ3v) is 1.54. The largest absolute Gasteiger partial charge is 0.476 e. The van der Waals surface area contributed by atoms with Crippen molar-refractivity contribution < 1.29 is 14.3 Å². The Bertz CT molecular complexity index is 366. The molecule has 0 saturated heterocycles. The molecule has 14 heavy (non-hydrogen) atoms. The molecule has 2 nitrogen and oxygen atoms in total. The molecule has 0 aromatic heterocycles. The van der Waals surface area contributed by atoms with Gasteiger partial charge in [-0.15, -0.1) is 0 Å². The van der Waals surface area contributed by atoms with Gasteiger partial charge in [-0.1, -0.05) is 42.5 Å². The topological polar surface area (TPSA) is 37.3 Å². The van der Waals surface area contributed by atoms with E-state index in [1.165, 1.54) is 6.08 Å². The van der Waals surface area contributed by atoms with Crippen LogP contribution in [-0.2, 0) is 4.79 Å². The number of halogens is 1. The van der Waals surface area contributed by atoms with E-state index in [-0.39, 0.29) is 0 Å². The molecule has 0 aliphatic carbocycles. The highest BCUT2D eigenvalue weighted by molar-refractivity contribution is 5.84. The summed E-state index contributed by atoms with van der Waals surface area (Å²) in [4.78, 5) is 10.1. The van der Waals surface area contributed by atoms with Crippen molar-refractivity contribution in [2.75, 3.05) is 0 Å². The second-order valence-corrected chi connectivity index (χ2v) is 2.59. The smallest absolute Gasteiger partial charge is 0.364 e. The highest BCUT2D eigenvalue weighted by Gasteiger charge is 2.01. The van der Waals surface area contributed by atoms with Crippen molar-refractivity contribution in [1.29, 1.82) is 0 Å². The lowest BCUT2D eigenvalue weighted by Crippen LogP contribution is -1.93. The van der Waals surface area contributed by atoms with Crippen LogP contribution >= 0.6 is 0 Å². The maximum atomic E-state index is 12.4. The summed E-state index contributed by atoms with van der Waals surface area (Å²) in [5, 5.41) is 8.20. The minimum absolute atomic E-state index is 0.891. The maximum Gasteiger partial charge on any atom is 0.364 e. The predicted molar refractivity (Wildman–Crippen MR) is 52.3 cm³/mol. The van der Waals surface area contributed by atoms with Gasteiger partial charge in [-0.05, 0) is 11.6 Å². The summed E-state index contributed by atoms with van der Waals surface area (Å²) in [5.41, 5.74) is 0.891. The normalized spacial score (nSPS) is 11.9. The van der Waals surface area contributed by atoms with Crippen molar-refractivity contribution in [3.63, 3.8) is 0 Å². The summed E-state index contributed by atoms with van der Waals surface area (Å²) in [7, 11) is 0. The number of carboxylic acid groups (broad SMARTS) is 1. The molecule has 72 valence electrons. The van der Waals surface area contributed by atoms with Crippen molar-refractivity contribution in [3.05, 3.63) is 53.9 Å². The van der Waals surface area contributed by atoms with Crippen molar-refractivity contribution in [1.82, 2.24) is 0 Å². The first-order valence-electron chi connectivity index (χ1n) is 4.02. The lowest BCUT2D eigenvalue weighted by molar-refractivity contribution is -0.134. The van der Waals surface area contributed by atoms with Crippen LogP contribution in [0, 0.1) is 0 Å². The molecule has 0 amide bonds. The lowest BCUT2D eigenvalue weighted by Gasteiger charge is -1.88. The van der Waals surface area contributed by atoms with Crippen LogP contribution in [0.5, 0.6) is 0 Å². The third kappa shape index (κ3) is 3.23. The molecule has 0 heterocycles. The van der Waals surface area contributed by atoms with Crippen LogP contribution in [0.2, 0.25) is 0 Å². The van der Waals surface area contributed by atoms with Crippen LogP contribution in [0.1, 0.15) is 5.56 Å². The van der Waals surface area contributed by atoms with Gasteiger partial charge in [0.25, 0.3) is 0 Å². The van der Waals surface area contributed by atoms with Crippen molar-refractivity contribution >= 4 is 12.0 Å². The van der Waals surface area contributed by atoms with Gasteiger partial charge in [0.2, 0.25) is 5.83 Å². The fraction of sp³-hybridized carbons (Fsp3) is 0. The van der Waals surface area contributed by atoms with E-state index >= 15 is 0 Å². The van der Waals surface area contributed by atoms with Crippen molar-refractivity contribution in [3.8, 4) is 0 Å². The molecule has 0 aliphatic heterocycles. The van der Waals surface area contributed by atoms with E-state index in [2.05, 4.69) is 0 Å². The third-order valence-electron chi connectivity index (χ3n) is 1.54. The Morgan fingerprint density at radius 1 is 1.29 bits per heavy atom. The number of rotatable bonds is 3. The summed E-state index contributed by atoms with van der Waals surface area (Å²) in [5.74, 6) is -2.72. The molecule has 0 fully saturated rings. The average molecular weight is 192 g/mol. The molecule has 0 radical (unpaired) electrons. The van der Waals surface area contributed by atoms with Crippen LogP contribution < -0.4 is 0 Å². The van der Waals surface area contributed by atoms with Crippen LogP contribution in [0.4, 0.5) is 4.39 Å². The molecular weight excluding hydrogens is 183 g/mol. The Morgan fingerprint density at radius 3 is 2.50 bits per heavy atom. The number of hydrogen-bond acceptors (Lipinski definition) is 1. The molecule has 0 unspecified atom stereocenters. The Hall–Kier alpha value is -1.90. The quantitative estimate of drug-likeness (QED) is 0.590. The SMILES string of the molecule is O=C(O)C(F)=C/C=C/c1ccccc1. The lowest BCUT2D eigenvalue weighted by atomic mass is 10.2. The van der Waals surface area contributed by atoms with Crippen molar-refractivity contribution in [2.24, 2.45) is 0 Å². The molecule has 0 aliphatic rings. The van der Waals surface area contributed by atoms with E-state index in [0.29, 0.717) is 0 Å². The highest BCUT2D eigenvalue weighted by Crippen LogP contribution is 2.02. The minimum atomic E-state index is -1.55. The van der Waals surface area contributed by atoms with Gasteiger partial charge < -0.3 is 5.11 Å². The predicted octanol–water partition coefficient (Wildman–Crippen LogP) is 2.64. The summed E-state index contributed by atoms with van der Waals surface area (Å²) in [6.07, 6.45) is 3.90. The standard InChI is InChI=1S/C11H9FO2/c12-10(11(13)14)8-4-7-9-5-2-1-3-6-9/h1-8H,(H,13,14)/b7-4+,10-8?. The summed E-state index contributed by atoms with van der Waals surface area (Å²) in [6.45, 7) is 0. The minimum Gasteiger partial charge on any atom is -0.476 e. The second-order valence-electron chi connectivity index (χ2n) is 2.59. The van der Waals surface area contributed by atoms with E-state index in [1.54, 1.807) is 6.08 Å². The van der Waals surface area contributed by atoms with Crippen LogP contribution in [0.15, 0.2) is 48.3 Å². The molecule has 3 heteroatoms. The summed E-state index contributed by atoms with van der Waals surface area (Å²) in [6, 6.07) is 9.23. The Morgan fingerprint density at radius 2 is 1.93 bits per heavy atom. The first-order chi connectivity index (χ1) is 6.70. The van der Waals surface area contributed by atoms with Gasteiger partial charge in [0.1, 0.15) is 0 Å². The Kier molecular flexibility index (Phi) is 3.61. The van der Waals surface area contributed by atoms with Crippen LogP contribution in [-0.4, -0.2) is 11.1 Å². The molecule has 1 rings (SSSR count). The molecule has 0 bridgehead atoms. The van der Waals surface area contributed by atoms with Crippen LogP contribution in [0.3, 0.4) is 0 Å². The monoisotopic (exact) mass is 192 g/mol. The summed E-state index contributed by atoms with van der Waals surface area (Å²) < 4.78 is 12.4. The van der Waals surface area contributed by atoms with Gasteiger partial charge in [-0.25, -0.2) is 4.79 Å². The Balaban J connectivity index is 2.66. The molecule has 1 aromatic rings. The molecule has 0 saturated carbocycles. The molecule has 0 spiro atoms. The van der Waals surface area contributed by atoms with E-state index < -0.39 is 11.8 Å². The molecule has 1 N–H and O–H groups in total. The van der Waals surface area contributed by atoms with Gasteiger partial charge in [0, 0.05) is 0 Å². The molecule has 1 aromatic carbocycles. The van der Waals surface area contributed by atoms with Gasteiger partial charge in [0.15, 0.2) is 0 Å². The fourth-order valence-corrected chi connectivity index (χ4v) is 0.879. The van der Waals surface area contributed by atoms with E-state index in [4.69, 9.17) is 5.11 Å². The average Bonchev–Trinajstić information content (AvgIpc) is 2.19. The van der Waals surface area contributed by atoms with E-state index in [9.17, 15) is 9.18 Å². The van der Waals surface area contributed by atoms with E-state index in [1.807, 2.05) is 30.3 Å². The Labute approximate surface area is 81.0 Å². The number of hydrogen-bond donors (Lipinski definition) is 1. The van der Waals surface area contributed by atoms with Gasteiger partial charge >= 0.3 is 5.97 Å². The molecular formula is C11H9FO2. The number of aliphatic carboxylic acids is 1. The summed E-state index contributed by atoms with van der Waals surface area (Å²) >= 11 is 0. The number of carboxylic acids is 1. The zero-order valence-electron chi connectivity index (χ0n) is 7.35. The van der Waals surface area contributed by atoms with Crippen molar-refractivity contribution in [2.45, 2.75) is 0 Å². The van der Waals surface area contributed by atoms with Crippen LogP contribution in [0.25, 0.3) is 6.08 Å². The number of benzene rings is 1. The number of carbonyl (C=O) groups is 1.